The minimum atomic E-state index is -0.232. The van der Waals surface area contributed by atoms with Crippen molar-refractivity contribution in [3.05, 3.63) is 34.7 Å². The highest BCUT2D eigenvalue weighted by Crippen LogP contribution is 2.16. The Morgan fingerprint density at radius 2 is 2.33 bits per heavy atom. The van der Waals surface area contributed by atoms with Crippen molar-refractivity contribution in [3.8, 4) is 0 Å². The molecular formula is C13H17N5O2S. The van der Waals surface area contributed by atoms with Crippen LogP contribution >= 0.6 is 11.8 Å². The number of H-pyrrole nitrogens is 1. The lowest BCUT2D eigenvalue weighted by Crippen LogP contribution is -2.16. The molecule has 0 radical (unpaired) electrons. The van der Waals surface area contributed by atoms with Gasteiger partial charge in [-0.15, -0.1) is 5.10 Å². The van der Waals surface area contributed by atoms with Crippen molar-refractivity contribution in [2.45, 2.75) is 25.0 Å². The number of aromatic amines is 1. The fourth-order valence-corrected chi connectivity index (χ4v) is 2.72. The highest BCUT2D eigenvalue weighted by Gasteiger charge is 2.08. The Labute approximate surface area is 125 Å². The van der Waals surface area contributed by atoms with Crippen LogP contribution in [0.25, 0.3) is 0 Å². The van der Waals surface area contributed by atoms with E-state index in [2.05, 4.69) is 15.5 Å². The lowest BCUT2D eigenvalue weighted by atomic mass is 10.3. The summed E-state index contributed by atoms with van der Waals surface area (Å²) in [6, 6.07) is 7.02. The van der Waals surface area contributed by atoms with Crippen LogP contribution in [0.1, 0.15) is 13.3 Å². The van der Waals surface area contributed by atoms with E-state index >= 15 is 0 Å². The van der Waals surface area contributed by atoms with Crippen LogP contribution in [-0.2, 0) is 11.3 Å². The van der Waals surface area contributed by atoms with Crippen LogP contribution in [0.4, 0.5) is 11.4 Å². The monoisotopic (exact) mass is 307 g/mol. The number of aromatic nitrogens is 3. The first kappa shape index (κ1) is 15.2. The normalized spacial score (nSPS) is 10.5. The summed E-state index contributed by atoms with van der Waals surface area (Å²) in [5, 5.41) is 9.68. The summed E-state index contributed by atoms with van der Waals surface area (Å²) < 4.78 is 1.53. The summed E-state index contributed by atoms with van der Waals surface area (Å²) >= 11 is 1.37. The number of anilines is 2. The van der Waals surface area contributed by atoms with Crippen LogP contribution in [0.3, 0.4) is 0 Å². The maximum absolute atomic E-state index is 11.8. The quantitative estimate of drug-likeness (QED) is 0.551. The van der Waals surface area contributed by atoms with Crippen molar-refractivity contribution in [2.75, 3.05) is 16.8 Å². The van der Waals surface area contributed by atoms with Crippen molar-refractivity contribution < 1.29 is 4.79 Å². The number of thioether (sulfide) groups is 1. The van der Waals surface area contributed by atoms with E-state index in [1.165, 1.54) is 16.3 Å². The van der Waals surface area contributed by atoms with E-state index in [1.54, 1.807) is 24.3 Å². The summed E-state index contributed by atoms with van der Waals surface area (Å²) in [6.45, 7) is 2.42. The van der Waals surface area contributed by atoms with E-state index in [1.807, 2.05) is 6.92 Å². The number of nitrogens with zero attached hydrogens (tertiary/aromatic N) is 2. The molecule has 0 bridgehead atoms. The molecule has 7 nitrogen and oxygen atoms in total. The Morgan fingerprint density at radius 3 is 3.05 bits per heavy atom. The number of benzene rings is 1. The molecule has 4 N–H and O–H groups in total. The highest BCUT2D eigenvalue weighted by molar-refractivity contribution is 7.99. The topological polar surface area (TPSA) is 106 Å². The number of hydrogen-bond donors (Lipinski definition) is 3. The second kappa shape index (κ2) is 6.98. The number of nitrogens with one attached hydrogen (secondary N) is 2. The van der Waals surface area contributed by atoms with Crippen molar-refractivity contribution in [1.82, 2.24) is 14.8 Å². The van der Waals surface area contributed by atoms with Gasteiger partial charge in [0, 0.05) is 30.1 Å². The van der Waals surface area contributed by atoms with Crippen molar-refractivity contribution >= 4 is 29.0 Å². The molecule has 1 heterocycles. The molecule has 0 saturated carbocycles. The molecule has 0 saturated heterocycles. The Morgan fingerprint density at radius 1 is 1.52 bits per heavy atom. The van der Waals surface area contributed by atoms with Gasteiger partial charge in [-0.1, -0.05) is 17.8 Å². The fourth-order valence-electron chi connectivity index (χ4n) is 1.77. The third-order valence-electron chi connectivity index (χ3n) is 2.77. The van der Waals surface area contributed by atoms with Gasteiger partial charge in [-0.05, 0) is 25.1 Å². The van der Waals surface area contributed by atoms with Crippen LogP contribution in [0.5, 0.6) is 0 Å². The zero-order chi connectivity index (χ0) is 15.2. The molecular weight excluding hydrogens is 290 g/mol. The molecule has 8 heteroatoms. The van der Waals surface area contributed by atoms with Crippen LogP contribution in [0, 0.1) is 0 Å². The molecule has 1 aromatic carbocycles. The van der Waals surface area contributed by atoms with Gasteiger partial charge in [-0.25, -0.2) is 9.89 Å². The number of hydrogen-bond acceptors (Lipinski definition) is 5. The minimum Gasteiger partial charge on any atom is -0.399 e. The van der Waals surface area contributed by atoms with Gasteiger partial charge in [0.1, 0.15) is 0 Å². The Hall–Kier alpha value is -2.22. The SMILES string of the molecule is CCn1c(SCCC(=O)Nc2cccc(N)c2)n[nH]c1=O. The molecule has 0 unspecified atom stereocenters. The fraction of sp³-hybridized carbons (Fsp3) is 0.308. The summed E-state index contributed by atoms with van der Waals surface area (Å²) in [7, 11) is 0. The molecule has 21 heavy (non-hydrogen) atoms. The highest BCUT2D eigenvalue weighted by atomic mass is 32.2. The third kappa shape index (κ3) is 4.12. The molecule has 2 aromatic rings. The number of nitrogens with two attached hydrogens (primary N) is 1. The van der Waals surface area contributed by atoms with Crippen molar-refractivity contribution in [2.24, 2.45) is 0 Å². The average Bonchev–Trinajstić information content (AvgIpc) is 2.79. The predicted molar refractivity (Wildman–Crippen MR) is 83.3 cm³/mol. The van der Waals surface area contributed by atoms with Gasteiger partial charge >= 0.3 is 5.69 Å². The number of carbonyl (C=O) groups is 1. The van der Waals surface area contributed by atoms with Crippen LogP contribution < -0.4 is 16.7 Å². The molecule has 112 valence electrons. The van der Waals surface area contributed by atoms with Gasteiger partial charge in [-0.3, -0.25) is 9.36 Å². The number of rotatable bonds is 6. The van der Waals surface area contributed by atoms with Gasteiger partial charge < -0.3 is 11.1 Å². The first-order valence-electron chi connectivity index (χ1n) is 6.53. The molecule has 0 aliphatic carbocycles. The number of carbonyl (C=O) groups excluding carboxylic acids is 1. The van der Waals surface area contributed by atoms with E-state index < -0.39 is 0 Å². The Kier molecular flexibility index (Phi) is 5.04. The first-order chi connectivity index (χ1) is 10.1. The smallest absolute Gasteiger partial charge is 0.343 e. The second-order valence-corrected chi connectivity index (χ2v) is 5.39. The zero-order valence-electron chi connectivity index (χ0n) is 11.6. The molecule has 0 aliphatic rings. The van der Waals surface area contributed by atoms with Gasteiger partial charge in [0.2, 0.25) is 5.91 Å². The largest absolute Gasteiger partial charge is 0.399 e. The summed E-state index contributed by atoms with van der Waals surface area (Å²) in [5.74, 6) is 0.437. The van der Waals surface area contributed by atoms with Crippen LogP contribution in [0.2, 0.25) is 0 Å². The van der Waals surface area contributed by atoms with Crippen molar-refractivity contribution in [3.63, 3.8) is 0 Å². The molecule has 0 atom stereocenters. The van der Waals surface area contributed by atoms with Gasteiger partial charge in [0.25, 0.3) is 0 Å². The summed E-state index contributed by atoms with van der Waals surface area (Å²) in [5.41, 5.74) is 6.69. The van der Waals surface area contributed by atoms with E-state index in [-0.39, 0.29) is 11.6 Å². The van der Waals surface area contributed by atoms with Crippen LogP contribution in [-0.4, -0.2) is 26.4 Å². The van der Waals surface area contributed by atoms with Gasteiger partial charge in [0.15, 0.2) is 5.16 Å². The first-order valence-corrected chi connectivity index (χ1v) is 7.52. The van der Waals surface area contributed by atoms with E-state index in [9.17, 15) is 9.59 Å². The molecule has 0 fully saturated rings. The minimum absolute atomic E-state index is 0.103. The number of nitrogen functional groups attached to an aromatic ring is 1. The number of amides is 1. The van der Waals surface area contributed by atoms with Crippen LogP contribution in [0.15, 0.2) is 34.2 Å². The van der Waals surface area contributed by atoms with E-state index in [4.69, 9.17) is 5.73 Å². The maximum atomic E-state index is 11.8. The standard InChI is InChI=1S/C13H17N5O2S/c1-2-18-12(20)16-17-13(18)21-7-6-11(19)15-10-5-3-4-9(14)8-10/h3-5,8H,2,6-7,14H2,1H3,(H,15,19)(H,16,20). The summed E-state index contributed by atoms with van der Waals surface area (Å²) in [6.07, 6.45) is 0.324. The molecule has 1 aromatic heterocycles. The predicted octanol–water partition coefficient (Wildman–Crippen LogP) is 1.29. The lowest BCUT2D eigenvalue weighted by Gasteiger charge is -2.06. The maximum Gasteiger partial charge on any atom is 0.343 e. The second-order valence-electron chi connectivity index (χ2n) is 4.33. The Balaban J connectivity index is 1.83. The molecule has 2 rings (SSSR count). The molecule has 0 spiro atoms. The van der Waals surface area contributed by atoms with Crippen molar-refractivity contribution in [1.29, 1.82) is 0 Å². The zero-order valence-corrected chi connectivity index (χ0v) is 12.4. The summed E-state index contributed by atoms with van der Waals surface area (Å²) in [4.78, 5) is 23.2. The Bertz CT molecular complexity index is 679. The van der Waals surface area contributed by atoms with Gasteiger partial charge in [-0.2, -0.15) is 0 Å². The van der Waals surface area contributed by atoms with E-state index in [0.717, 1.165) is 0 Å². The average molecular weight is 307 g/mol. The lowest BCUT2D eigenvalue weighted by molar-refractivity contribution is -0.115. The molecule has 0 aliphatic heterocycles. The third-order valence-corrected chi connectivity index (χ3v) is 3.75. The van der Waals surface area contributed by atoms with Gasteiger partial charge in [0.05, 0.1) is 0 Å². The van der Waals surface area contributed by atoms with E-state index in [0.29, 0.717) is 35.2 Å². The molecule has 1 amide bonds.